The van der Waals surface area contributed by atoms with Crippen LogP contribution in [0.4, 0.5) is 0 Å². The molecule has 0 saturated carbocycles. The minimum Gasteiger partial charge on any atom is -0.282 e. The highest BCUT2D eigenvalue weighted by atomic mass is 32.2. The van der Waals surface area contributed by atoms with Gasteiger partial charge in [-0.1, -0.05) is 161 Å². The monoisotopic (exact) mass is 586 g/mol. The summed E-state index contributed by atoms with van der Waals surface area (Å²) < 4.78 is 36.5. The van der Waals surface area contributed by atoms with Crippen molar-refractivity contribution in [3.63, 3.8) is 0 Å². The average molecular weight is 587 g/mol. The van der Waals surface area contributed by atoms with E-state index in [2.05, 4.69) is 26.8 Å². The summed E-state index contributed by atoms with van der Waals surface area (Å²) in [6, 6.07) is 7.95. The summed E-state index contributed by atoms with van der Waals surface area (Å²) in [4.78, 5) is 0.195. The molecule has 0 aliphatic rings. The molecule has 1 N–H and O–H groups in total. The van der Waals surface area contributed by atoms with Gasteiger partial charge in [0.05, 0.1) is 0 Å². The van der Waals surface area contributed by atoms with E-state index in [4.69, 9.17) is 0 Å². The fourth-order valence-corrected chi connectivity index (χ4v) is 7.50. The van der Waals surface area contributed by atoms with Crippen molar-refractivity contribution >= 4 is 20.9 Å². The van der Waals surface area contributed by atoms with Gasteiger partial charge in [-0.05, 0) is 60.6 Å². The van der Waals surface area contributed by atoms with Gasteiger partial charge in [0.1, 0.15) is 4.90 Å². The van der Waals surface area contributed by atoms with Crippen molar-refractivity contribution in [3.8, 4) is 0 Å². The van der Waals surface area contributed by atoms with Crippen molar-refractivity contribution in [1.29, 1.82) is 0 Å². The first kappa shape index (κ1) is 35.8. The second-order valence-corrected chi connectivity index (χ2v) is 13.8. The maximum atomic E-state index is 13.0. The molecular weight excluding hydrogens is 524 g/mol. The summed E-state index contributed by atoms with van der Waals surface area (Å²) in [6.07, 6.45) is 28.6. The zero-order valence-corrected chi connectivity index (χ0v) is 27.8. The molecule has 0 aromatic heterocycles. The molecule has 234 valence electrons. The van der Waals surface area contributed by atoms with E-state index in [9.17, 15) is 13.0 Å². The lowest BCUT2D eigenvalue weighted by Gasteiger charge is -2.22. The van der Waals surface area contributed by atoms with Crippen LogP contribution in [0.15, 0.2) is 29.2 Å². The Bertz CT molecular complexity index is 1070. The van der Waals surface area contributed by atoms with Crippen LogP contribution in [0.3, 0.4) is 0 Å². The van der Waals surface area contributed by atoms with E-state index < -0.39 is 10.1 Å². The Labute approximate surface area is 254 Å². The first-order valence-corrected chi connectivity index (χ1v) is 18.9. The molecule has 2 aromatic rings. The summed E-state index contributed by atoms with van der Waals surface area (Å²) in [7, 11) is -4.34. The highest BCUT2D eigenvalue weighted by molar-refractivity contribution is 7.86. The molecule has 0 heterocycles. The minimum atomic E-state index is -4.34. The predicted octanol–water partition coefficient (Wildman–Crippen LogP) is 12.0. The van der Waals surface area contributed by atoms with Crippen LogP contribution in [0.2, 0.25) is 0 Å². The van der Waals surface area contributed by atoms with Crippen LogP contribution >= 0.6 is 0 Å². The van der Waals surface area contributed by atoms with Crippen LogP contribution in [-0.4, -0.2) is 13.0 Å². The molecule has 0 fully saturated rings. The second kappa shape index (κ2) is 21.3. The molecule has 0 bridgehead atoms. The van der Waals surface area contributed by atoms with Crippen molar-refractivity contribution in [3.05, 3.63) is 41.0 Å². The standard InChI is InChI=1S/C37H62O3S/c1-4-7-10-13-16-19-22-27-32-33(28-23-20-17-14-11-8-5-2)35(30-24-21-18-15-12-9-6-3)37(41(38,39)40)36-31-26-25-29-34(32)36/h25-26,29,31H,4-24,27-28,30H2,1-3H3,(H,38,39,40). The maximum Gasteiger partial charge on any atom is 0.295 e. The Hall–Kier alpha value is -1.39. The van der Waals surface area contributed by atoms with Crippen LogP contribution < -0.4 is 0 Å². The van der Waals surface area contributed by atoms with E-state index in [-0.39, 0.29) is 4.90 Å². The summed E-state index contributed by atoms with van der Waals surface area (Å²) in [5, 5.41) is 1.75. The number of unbranched alkanes of at least 4 members (excludes halogenated alkanes) is 18. The molecular formula is C37H62O3S. The molecule has 41 heavy (non-hydrogen) atoms. The Morgan fingerprint density at radius 1 is 0.463 bits per heavy atom. The first-order chi connectivity index (χ1) is 20.0. The van der Waals surface area contributed by atoms with Gasteiger partial charge in [-0.15, -0.1) is 0 Å². The van der Waals surface area contributed by atoms with Crippen molar-refractivity contribution < 1.29 is 13.0 Å². The molecule has 0 radical (unpaired) electrons. The zero-order chi connectivity index (χ0) is 29.8. The van der Waals surface area contributed by atoms with Crippen molar-refractivity contribution in [2.24, 2.45) is 0 Å². The molecule has 0 amide bonds. The maximum absolute atomic E-state index is 13.0. The summed E-state index contributed by atoms with van der Waals surface area (Å²) in [6.45, 7) is 6.76. The Morgan fingerprint density at radius 2 is 0.805 bits per heavy atom. The van der Waals surface area contributed by atoms with E-state index in [1.807, 2.05) is 18.2 Å². The number of benzene rings is 2. The Morgan fingerprint density at radius 3 is 1.22 bits per heavy atom. The summed E-state index contributed by atoms with van der Waals surface area (Å²) >= 11 is 0. The number of aryl methyl sites for hydroxylation is 1. The normalized spacial score (nSPS) is 12.0. The quantitative estimate of drug-likeness (QED) is 0.0930. The van der Waals surface area contributed by atoms with Crippen LogP contribution in [0.25, 0.3) is 10.8 Å². The average Bonchev–Trinajstić information content (AvgIpc) is 2.95. The molecule has 4 heteroatoms. The molecule has 3 nitrogen and oxygen atoms in total. The third-order valence-corrected chi connectivity index (χ3v) is 9.83. The van der Waals surface area contributed by atoms with Crippen molar-refractivity contribution in [2.75, 3.05) is 0 Å². The number of fused-ring (bicyclic) bond motifs is 1. The van der Waals surface area contributed by atoms with Crippen LogP contribution in [0.5, 0.6) is 0 Å². The van der Waals surface area contributed by atoms with E-state index in [1.54, 1.807) is 0 Å². The van der Waals surface area contributed by atoms with Crippen molar-refractivity contribution in [1.82, 2.24) is 0 Å². The number of hydrogen-bond donors (Lipinski definition) is 1. The Balaban J connectivity index is 2.35. The largest absolute Gasteiger partial charge is 0.295 e. The molecule has 0 unspecified atom stereocenters. The minimum absolute atomic E-state index is 0.195. The van der Waals surface area contributed by atoms with Gasteiger partial charge in [0.15, 0.2) is 0 Å². The molecule has 0 saturated heterocycles. The zero-order valence-electron chi connectivity index (χ0n) is 27.0. The fourth-order valence-electron chi connectivity index (χ4n) is 6.51. The van der Waals surface area contributed by atoms with Gasteiger partial charge in [-0.25, -0.2) is 0 Å². The third-order valence-electron chi connectivity index (χ3n) is 8.85. The highest BCUT2D eigenvalue weighted by Crippen LogP contribution is 2.37. The lowest BCUT2D eigenvalue weighted by molar-refractivity contribution is 0.482. The van der Waals surface area contributed by atoms with Gasteiger partial charge in [0.2, 0.25) is 0 Å². The van der Waals surface area contributed by atoms with Crippen molar-refractivity contribution in [2.45, 2.75) is 180 Å². The van der Waals surface area contributed by atoms with E-state index >= 15 is 0 Å². The topological polar surface area (TPSA) is 54.4 Å². The molecule has 2 rings (SSSR count). The van der Waals surface area contributed by atoms with E-state index in [1.165, 1.54) is 120 Å². The fraction of sp³-hybridized carbons (Fsp3) is 0.730. The first-order valence-electron chi connectivity index (χ1n) is 17.5. The van der Waals surface area contributed by atoms with Gasteiger partial charge < -0.3 is 0 Å². The second-order valence-electron chi connectivity index (χ2n) is 12.4. The Kier molecular flexibility index (Phi) is 18.6. The molecule has 2 aromatic carbocycles. The smallest absolute Gasteiger partial charge is 0.282 e. The van der Waals surface area contributed by atoms with Gasteiger partial charge in [-0.2, -0.15) is 8.42 Å². The summed E-state index contributed by atoms with van der Waals surface area (Å²) in [5.74, 6) is 0. The number of rotatable bonds is 25. The predicted molar refractivity (Wildman–Crippen MR) is 179 cm³/mol. The molecule has 0 aliphatic heterocycles. The van der Waals surface area contributed by atoms with Gasteiger partial charge in [0.25, 0.3) is 10.1 Å². The van der Waals surface area contributed by atoms with Crippen LogP contribution in [0.1, 0.15) is 172 Å². The highest BCUT2D eigenvalue weighted by Gasteiger charge is 2.25. The van der Waals surface area contributed by atoms with Gasteiger partial charge in [-0.3, -0.25) is 4.55 Å². The molecule has 0 aliphatic carbocycles. The molecule has 0 atom stereocenters. The molecule has 0 spiro atoms. The van der Waals surface area contributed by atoms with E-state index in [0.717, 1.165) is 55.9 Å². The van der Waals surface area contributed by atoms with E-state index in [0.29, 0.717) is 5.39 Å². The number of hydrogen-bond acceptors (Lipinski definition) is 2. The third kappa shape index (κ3) is 13.2. The summed E-state index contributed by atoms with van der Waals surface area (Å²) in [5.41, 5.74) is 3.51. The lowest BCUT2D eigenvalue weighted by Crippen LogP contribution is -2.12. The van der Waals surface area contributed by atoms with Crippen LogP contribution in [0, 0.1) is 0 Å². The van der Waals surface area contributed by atoms with Crippen LogP contribution in [-0.2, 0) is 29.4 Å². The van der Waals surface area contributed by atoms with Gasteiger partial charge in [0, 0.05) is 5.39 Å². The lowest BCUT2D eigenvalue weighted by atomic mass is 9.86. The SMILES string of the molecule is CCCCCCCCCc1c(CCCCCCCCC)c(S(=O)(=O)O)c2ccccc2c1CCCCCCCCC. The van der Waals surface area contributed by atoms with Gasteiger partial charge >= 0.3 is 0 Å².